The van der Waals surface area contributed by atoms with Crippen LogP contribution >= 0.6 is 24.0 Å². The summed E-state index contributed by atoms with van der Waals surface area (Å²) in [4.78, 5) is 25.6. The van der Waals surface area contributed by atoms with Gasteiger partial charge in [0.15, 0.2) is 15.8 Å². The van der Waals surface area contributed by atoms with Crippen LogP contribution in [0.3, 0.4) is 0 Å². The molecule has 0 atom stereocenters. The van der Waals surface area contributed by atoms with Gasteiger partial charge in [0.1, 0.15) is 11.3 Å². The number of hydrogen-bond acceptors (Lipinski definition) is 8. The van der Waals surface area contributed by atoms with E-state index in [0.717, 1.165) is 11.8 Å². The number of methoxy groups -OCH3 is 2. The van der Waals surface area contributed by atoms with Crippen molar-refractivity contribution >= 4 is 51.9 Å². The Bertz CT molecular complexity index is 1040. The number of thiocarbonyl (C=S) groups is 1. The molecule has 0 bridgehead atoms. The number of benzene rings is 2. The number of phenols is 2. The number of thioether (sulfide) groups is 1. The zero-order chi connectivity index (χ0) is 21.3. The van der Waals surface area contributed by atoms with E-state index in [1.807, 2.05) is 0 Å². The summed E-state index contributed by atoms with van der Waals surface area (Å²) in [6.45, 7) is 0. The third-order valence-electron chi connectivity index (χ3n) is 4.06. The molecule has 150 valence electrons. The molecule has 0 aliphatic carbocycles. The number of carbonyl (C=O) groups excluding carboxylic acids is 1. The highest BCUT2D eigenvalue weighted by Crippen LogP contribution is 2.40. The van der Waals surface area contributed by atoms with Gasteiger partial charge in [-0.3, -0.25) is 9.69 Å². The summed E-state index contributed by atoms with van der Waals surface area (Å²) in [5.41, 5.74) is 0.425. The van der Waals surface area contributed by atoms with Crippen LogP contribution in [0.15, 0.2) is 35.2 Å². The van der Waals surface area contributed by atoms with Crippen LogP contribution in [0, 0.1) is 0 Å². The van der Waals surface area contributed by atoms with Crippen molar-refractivity contribution in [2.75, 3.05) is 19.1 Å². The van der Waals surface area contributed by atoms with Gasteiger partial charge in [-0.05, 0) is 42.0 Å². The van der Waals surface area contributed by atoms with Crippen LogP contribution in [0.5, 0.6) is 23.0 Å². The molecule has 8 nitrogen and oxygen atoms in total. The molecule has 0 aromatic heterocycles. The van der Waals surface area contributed by atoms with Crippen LogP contribution in [-0.2, 0) is 4.79 Å². The molecule has 3 rings (SSSR count). The van der Waals surface area contributed by atoms with E-state index in [1.54, 1.807) is 6.08 Å². The van der Waals surface area contributed by atoms with Crippen LogP contribution in [0.1, 0.15) is 15.9 Å². The fourth-order valence-corrected chi connectivity index (χ4v) is 3.97. The second-order valence-electron chi connectivity index (χ2n) is 5.80. The lowest BCUT2D eigenvalue weighted by Gasteiger charge is -2.15. The monoisotopic (exact) mass is 433 g/mol. The van der Waals surface area contributed by atoms with E-state index in [1.165, 1.54) is 49.5 Å². The van der Waals surface area contributed by atoms with Crippen LogP contribution in [0.25, 0.3) is 6.08 Å². The van der Waals surface area contributed by atoms with Crippen molar-refractivity contribution in [3.05, 3.63) is 46.4 Å². The summed E-state index contributed by atoms with van der Waals surface area (Å²) >= 11 is 6.32. The zero-order valence-electron chi connectivity index (χ0n) is 15.2. The van der Waals surface area contributed by atoms with E-state index in [-0.39, 0.29) is 37.7 Å². The molecule has 1 aliphatic rings. The first-order chi connectivity index (χ1) is 13.8. The average molecular weight is 433 g/mol. The quantitative estimate of drug-likeness (QED) is 0.483. The van der Waals surface area contributed by atoms with Crippen molar-refractivity contribution in [1.29, 1.82) is 0 Å². The molecule has 3 N–H and O–H groups in total. The minimum atomic E-state index is -1.33. The third-order valence-corrected chi connectivity index (χ3v) is 5.36. The van der Waals surface area contributed by atoms with Gasteiger partial charge in [0.05, 0.1) is 24.8 Å². The molecule has 1 heterocycles. The molecule has 1 saturated heterocycles. The predicted octanol–water partition coefficient (Wildman–Crippen LogP) is 3.22. The Balaban J connectivity index is 2.00. The SMILES string of the molecule is COc1cc(C=C2SC(=S)N(c3ccc(O)c(C(=O)O)c3)C2=O)cc(OC)c1O. The molecule has 10 heteroatoms. The zero-order valence-corrected chi connectivity index (χ0v) is 16.8. The smallest absolute Gasteiger partial charge is 0.339 e. The minimum absolute atomic E-state index is 0.162. The number of aromatic hydroxyl groups is 2. The Morgan fingerprint density at radius 3 is 2.31 bits per heavy atom. The van der Waals surface area contributed by atoms with Crippen LogP contribution in [0.2, 0.25) is 0 Å². The summed E-state index contributed by atoms with van der Waals surface area (Å²) in [5.74, 6) is -2.00. The fraction of sp³-hybridized carbons (Fsp3) is 0.105. The molecule has 29 heavy (non-hydrogen) atoms. The van der Waals surface area contributed by atoms with Gasteiger partial charge >= 0.3 is 5.97 Å². The predicted molar refractivity (Wildman–Crippen MR) is 112 cm³/mol. The van der Waals surface area contributed by atoms with Crippen LogP contribution < -0.4 is 14.4 Å². The number of nitrogens with zero attached hydrogens (tertiary/aromatic N) is 1. The Morgan fingerprint density at radius 1 is 1.14 bits per heavy atom. The van der Waals surface area contributed by atoms with Gasteiger partial charge in [-0.25, -0.2) is 4.79 Å². The van der Waals surface area contributed by atoms with Crippen molar-refractivity contribution in [2.45, 2.75) is 0 Å². The lowest BCUT2D eigenvalue weighted by atomic mass is 10.1. The molecule has 0 unspecified atom stereocenters. The highest BCUT2D eigenvalue weighted by Gasteiger charge is 2.34. The van der Waals surface area contributed by atoms with Crippen molar-refractivity contribution < 1.29 is 34.4 Å². The summed E-state index contributed by atoms with van der Waals surface area (Å²) < 4.78 is 10.4. The number of phenolic OH excluding ortho intramolecular Hbond substituents is 1. The third kappa shape index (κ3) is 3.84. The number of carboxylic acid groups (broad SMARTS) is 1. The second-order valence-corrected chi connectivity index (χ2v) is 7.47. The first-order valence-electron chi connectivity index (χ1n) is 8.06. The maximum absolute atomic E-state index is 12.9. The average Bonchev–Trinajstić information content (AvgIpc) is 2.96. The van der Waals surface area contributed by atoms with Gasteiger partial charge in [-0.1, -0.05) is 24.0 Å². The number of carboxylic acids is 1. The number of hydrogen-bond donors (Lipinski definition) is 3. The number of aromatic carboxylic acids is 1. The first-order valence-corrected chi connectivity index (χ1v) is 9.28. The van der Waals surface area contributed by atoms with Gasteiger partial charge in [-0.15, -0.1) is 0 Å². The van der Waals surface area contributed by atoms with Gasteiger partial charge in [0.25, 0.3) is 5.91 Å². The number of carbonyl (C=O) groups is 2. The van der Waals surface area contributed by atoms with Crippen LogP contribution in [0.4, 0.5) is 5.69 Å². The highest BCUT2D eigenvalue weighted by molar-refractivity contribution is 8.27. The molecule has 0 spiro atoms. The number of amides is 1. The van der Waals surface area contributed by atoms with Crippen molar-refractivity contribution in [1.82, 2.24) is 0 Å². The Labute approximate surface area is 175 Å². The Morgan fingerprint density at radius 2 is 1.76 bits per heavy atom. The lowest BCUT2D eigenvalue weighted by Crippen LogP contribution is -2.27. The highest BCUT2D eigenvalue weighted by atomic mass is 32.2. The Hall–Kier alpha value is -3.24. The van der Waals surface area contributed by atoms with E-state index in [0.29, 0.717) is 5.56 Å². The van der Waals surface area contributed by atoms with E-state index in [2.05, 4.69) is 0 Å². The summed E-state index contributed by atoms with van der Waals surface area (Å²) in [6, 6.07) is 6.85. The largest absolute Gasteiger partial charge is 0.507 e. The molecule has 1 fully saturated rings. The molecule has 1 aliphatic heterocycles. The summed E-state index contributed by atoms with van der Waals surface area (Å²) in [6.07, 6.45) is 1.56. The van der Waals surface area contributed by atoms with Crippen molar-refractivity contribution in [3.63, 3.8) is 0 Å². The molecular weight excluding hydrogens is 418 g/mol. The molecule has 0 saturated carbocycles. The lowest BCUT2D eigenvalue weighted by molar-refractivity contribution is -0.113. The van der Waals surface area contributed by atoms with Gasteiger partial charge in [-0.2, -0.15) is 0 Å². The maximum atomic E-state index is 12.9. The van der Waals surface area contributed by atoms with Gasteiger partial charge in [0.2, 0.25) is 5.75 Å². The van der Waals surface area contributed by atoms with Gasteiger partial charge < -0.3 is 24.8 Å². The maximum Gasteiger partial charge on any atom is 0.339 e. The summed E-state index contributed by atoms with van der Waals surface area (Å²) in [7, 11) is 2.78. The number of anilines is 1. The van der Waals surface area contributed by atoms with E-state index >= 15 is 0 Å². The second kappa shape index (κ2) is 8.02. The summed E-state index contributed by atoms with van der Waals surface area (Å²) in [5, 5.41) is 28.9. The molecule has 2 aromatic rings. The van der Waals surface area contributed by atoms with Crippen molar-refractivity contribution in [3.8, 4) is 23.0 Å². The normalized spacial score (nSPS) is 15.1. The molecular formula is C19H15NO7S2. The standard InChI is InChI=1S/C19H15NO7S2/c1-26-13-5-9(6-14(27-2)16(13)22)7-15-17(23)20(19(28)29-15)10-3-4-12(21)11(8-10)18(24)25/h3-8,21-22H,1-2H3,(H,24,25). The van der Waals surface area contributed by atoms with Crippen molar-refractivity contribution in [2.24, 2.45) is 0 Å². The topological polar surface area (TPSA) is 117 Å². The number of ether oxygens (including phenoxy) is 2. The molecule has 1 amide bonds. The van der Waals surface area contributed by atoms with Gasteiger partial charge in [0, 0.05) is 0 Å². The van der Waals surface area contributed by atoms with E-state index < -0.39 is 17.6 Å². The number of rotatable bonds is 5. The fourth-order valence-electron chi connectivity index (χ4n) is 2.67. The first kappa shape index (κ1) is 20.5. The Kier molecular flexibility index (Phi) is 5.66. The minimum Gasteiger partial charge on any atom is -0.507 e. The molecule has 0 radical (unpaired) electrons. The van der Waals surface area contributed by atoms with Crippen LogP contribution in [-0.4, -0.2) is 45.7 Å². The van der Waals surface area contributed by atoms with E-state index in [9.17, 15) is 24.9 Å². The van der Waals surface area contributed by atoms with E-state index in [4.69, 9.17) is 21.7 Å². The molecule has 2 aromatic carbocycles.